The molecule has 0 radical (unpaired) electrons. The van der Waals surface area contributed by atoms with Crippen molar-refractivity contribution >= 4 is 17.4 Å². The first-order chi connectivity index (χ1) is 8.56. The molecule has 0 aliphatic carbocycles. The molecule has 1 rings (SSSR count). The molecule has 0 heterocycles. The van der Waals surface area contributed by atoms with Gasteiger partial charge in [0.2, 0.25) is 5.76 Å². The lowest BCUT2D eigenvalue weighted by Gasteiger charge is -1.99. The number of carbonyl (C=O) groups is 2. The van der Waals surface area contributed by atoms with E-state index in [2.05, 4.69) is 10.2 Å². The molecular weight excluding hydrogens is 236 g/mol. The number of aliphatic hydroxyl groups excluding tert-OH is 1. The van der Waals surface area contributed by atoms with E-state index in [0.717, 1.165) is 0 Å². The minimum Gasteiger partial charge on any atom is -0.500 e. The summed E-state index contributed by atoms with van der Waals surface area (Å²) in [5.41, 5.74) is -0.0917. The summed E-state index contributed by atoms with van der Waals surface area (Å²) in [5, 5.41) is 25.1. The monoisotopic (exact) mass is 248 g/mol. The van der Waals surface area contributed by atoms with Gasteiger partial charge >= 0.3 is 5.97 Å². The summed E-state index contributed by atoms with van der Waals surface area (Å²) in [6.07, 6.45) is 0.0283. The fourth-order valence-corrected chi connectivity index (χ4v) is 1.11. The van der Waals surface area contributed by atoms with Gasteiger partial charge < -0.3 is 10.2 Å². The Bertz CT molecular complexity index is 506. The van der Waals surface area contributed by atoms with Gasteiger partial charge in [-0.25, -0.2) is 4.79 Å². The molecule has 0 fully saturated rings. The molecule has 1 aromatic carbocycles. The molecule has 0 amide bonds. The topological polar surface area (TPSA) is 99.3 Å². The number of carboxylic acid groups (broad SMARTS) is 1. The van der Waals surface area contributed by atoms with Gasteiger partial charge in [0.05, 0.1) is 5.69 Å². The highest BCUT2D eigenvalue weighted by molar-refractivity contribution is 6.01. The summed E-state index contributed by atoms with van der Waals surface area (Å²) in [4.78, 5) is 22.1. The lowest BCUT2D eigenvalue weighted by atomic mass is 10.2. The molecule has 6 nitrogen and oxygen atoms in total. The highest BCUT2D eigenvalue weighted by Crippen LogP contribution is 2.15. The Hall–Kier alpha value is -2.50. The standard InChI is InChI=1S/C12H12N2O4/c1-2-9(15)10(11(16)12(17)18)14-13-8-6-4-3-5-7-8/h3-7,16H,2H2,1H3,(H,17,18)/b11-10-,14-13?. The second kappa shape index (κ2) is 6.29. The van der Waals surface area contributed by atoms with Gasteiger partial charge in [0.1, 0.15) is 0 Å². The van der Waals surface area contributed by atoms with Crippen LogP contribution in [-0.4, -0.2) is 22.0 Å². The molecule has 0 aliphatic heterocycles. The van der Waals surface area contributed by atoms with E-state index < -0.39 is 23.2 Å². The quantitative estimate of drug-likeness (QED) is 0.475. The van der Waals surface area contributed by atoms with Crippen LogP contribution in [-0.2, 0) is 9.59 Å². The highest BCUT2D eigenvalue weighted by atomic mass is 16.4. The Kier molecular flexibility index (Phi) is 4.74. The van der Waals surface area contributed by atoms with Crippen molar-refractivity contribution < 1.29 is 19.8 Å². The van der Waals surface area contributed by atoms with E-state index >= 15 is 0 Å². The largest absolute Gasteiger partial charge is 0.500 e. The van der Waals surface area contributed by atoms with Gasteiger partial charge in [0.15, 0.2) is 11.5 Å². The van der Waals surface area contributed by atoms with Crippen LogP contribution in [0.3, 0.4) is 0 Å². The second-order valence-electron chi connectivity index (χ2n) is 3.31. The van der Waals surface area contributed by atoms with Crippen LogP contribution >= 0.6 is 0 Å². The molecule has 0 bridgehead atoms. The minimum absolute atomic E-state index is 0.0283. The van der Waals surface area contributed by atoms with Gasteiger partial charge in [-0.1, -0.05) is 25.1 Å². The van der Waals surface area contributed by atoms with Crippen molar-refractivity contribution in [1.82, 2.24) is 0 Å². The Morgan fingerprint density at radius 1 is 1.17 bits per heavy atom. The third-order valence-corrected chi connectivity index (χ3v) is 2.03. The number of benzene rings is 1. The predicted octanol–water partition coefficient (Wildman–Crippen LogP) is 2.60. The van der Waals surface area contributed by atoms with Gasteiger partial charge in [-0.05, 0) is 12.1 Å². The zero-order valence-corrected chi connectivity index (χ0v) is 9.70. The first-order valence-corrected chi connectivity index (χ1v) is 5.22. The van der Waals surface area contributed by atoms with Gasteiger partial charge in [-0.3, -0.25) is 4.79 Å². The van der Waals surface area contributed by atoms with E-state index in [9.17, 15) is 14.7 Å². The summed E-state index contributed by atoms with van der Waals surface area (Å²) in [6, 6.07) is 8.49. The molecule has 0 atom stereocenters. The maximum absolute atomic E-state index is 11.4. The predicted molar refractivity (Wildman–Crippen MR) is 63.5 cm³/mol. The number of ketones is 1. The molecule has 94 valence electrons. The molecule has 0 saturated carbocycles. The molecular formula is C12H12N2O4. The van der Waals surface area contributed by atoms with Crippen molar-refractivity contribution in [3.63, 3.8) is 0 Å². The van der Waals surface area contributed by atoms with Crippen LogP contribution in [0.25, 0.3) is 0 Å². The normalized spacial score (nSPS) is 12.3. The smallest absolute Gasteiger partial charge is 0.373 e. The van der Waals surface area contributed by atoms with Crippen molar-refractivity contribution in [1.29, 1.82) is 0 Å². The number of hydrogen-bond acceptors (Lipinski definition) is 5. The molecule has 2 N–H and O–H groups in total. The lowest BCUT2D eigenvalue weighted by molar-refractivity contribution is -0.136. The minimum atomic E-state index is -1.61. The highest BCUT2D eigenvalue weighted by Gasteiger charge is 2.18. The van der Waals surface area contributed by atoms with E-state index in [-0.39, 0.29) is 6.42 Å². The summed E-state index contributed by atoms with van der Waals surface area (Å²) < 4.78 is 0. The van der Waals surface area contributed by atoms with Crippen molar-refractivity contribution in [2.75, 3.05) is 0 Å². The van der Waals surface area contributed by atoms with Gasteiger partial charge in [-0.2, -0.15) is 5.11 Å². The van der Waals surface area contributed by atoms with E-state index in [0.29, 0.717) is 5.69 Å². The summed E-state index contributed by atoms with van der Waals surface area (Å²) in [7, 11) is 0. The molecule has 18 heavy (non-hydrogen) atoms. The lowest BCUT2D eigenvalue weighted by Crippen LogP contribution is -2.09. The van der Waals surface area contributed by atoms with Crippen molar-refractivity contribution in [2.45, 2.75) is 13.3 Å². The van der Waals surface area contributed by atoms with Crippen molar-refractivity contribution in [3.8, 4) is 0 Å². The van der Waals surface area contributed by atoms with Crippen LogP contribution < -0.4 is 0 Å². The van der Waals surface area contributed by atoms with Crippen LogP contribution in [0.4, 0.5) is 5.69 Å². The maximum atomic E-state index is 11.4. The molecule has 0 unspecified atom stereocenters. The molecule has 0 aromatic heterocycles. The van der Waals surface area contributed by atoms with Gasteiger partial charge in [0, 0.05) is 6.42 Å². The number of carbonyl (C=O) groups excluding carboxylic acids is 1. The Balaban J connectivity index is 3.08. The molecule has 0 saturated heterocycles. The fraction of sp³-hybridized carbons (Fsp3) is 0.167. The Morgan fingerprint density at radius 2 is 1.78 bits per heavy atom. The number of allylic oxidation sites excluding steroid dienone is 1. The van der Waals surface area contributed by atoms with Crippen molar-refractivity contribution in [2.24, 2.45) is 10.2 Å². The Labute approximate surface area is 103 Å². The van der Waals surface area contributed by atoms with E-state index in [1.807, 2.05) is 0 Å². The summed E-state index contributed by atoms with van der Waals surface area (Å²) in [6.45, 7) is 1.54. The molecule has 0 aliphatic rings. The first kappa shape index (κ1) is 13.6. The molecule has 0 spiro atoms. The number of azo groups is 1. The SMILES string of the molecule is CCC(=O)/C(N=Nc1ccccc1)=C(/O)C(=O)O. The van der Waals surface area contributed by atoms with Crippen LogP contribution in [0, 0.1) is 0 Å². The average Bonchev–Trinajstić information content (AvgIpc) is 2.39. The number of aliphatic hydroxyl groups is 1. The number of carboxylic acids is 1. The third kappa shape index (κ3) is 3.51. The number of hydrogen-bond donors (Lipinski definition) is 2. The van der Waals surface area contributed by atoms with Gasteiger partial charge in [-0.15, -0.1) is 5.11 Å². The van der Waals surface area contributed by atoms with E-state index in [4.69, 9.17) is 5.11 Å². The van der Waals surface area contributed by atoms with Crippen LogP contribution in [0.5, 0.6) is 0 Å². The zero-order chi connectivity index (χ0) is 13.5. The number of rotatable bonds is 5. The summed E-state index contributed by atoms with van der Waals surface area (Å²) >= 11 is 0. The molecule has 1 aromatic rings. The van der Waals surface area contributed by atoms with E-state index in [1.54, 1.807) is 30.3 Å². The summed E-state index contributed by atoms with van der Waals surface area (Å²) in [5.74, 6) is -3.30. The second-order valence-corrected chi connectivity index (χ2v) is 3.31. The van der Waals surface area contributed by atoms with Gasteiger partial charge in [0.25, 0.3) is 0 Å². The molecule has 6 heteroatoms. The number of aliphatic carboxylic acids is 1. The third-order valence-electron chi connectivity index (χ3n) is 2.03. The Morgan fingerprint density at radius 3 is 2.28 bits per heavy atom. The van der Waals surface area contributed by atoms with Crippen molar-refractivity contribution in [3.05, 3.63) is 41.8 Å². The van der Waals surface area contributed by atoms with Crippen LogP contribution in [0.1, 0.15) is 13.3 Å². The average molecular weight is 248 g/mol. The number of nitrogens with zero attached hydrogens (tertiary/aromatic N) is 2. The van der Waals surface area contributed by atoms with E-state index in [1.165, 1.54) is 6.92 Å². The van der Waals surface area contributed by atoms with Crippen LogP contribution in [0.15, 0.2) is 52.0 Å². The number of Topliss-reactive ketones (excluding diaryl/α,β-unsaturated/α-hetero) is 1. The van der Waals surface area contributed by atoms with Crippen LogP contribution in [0.2, 0.25) is 0 Å². The maximum Gasteiger partial charge on any atom is 0.373 e. The zero-order valence-electron chi connectivity index (χ0n) is 9.70. The fourth-order valence-electron chi connectivity index (χ4n) is 1.11. The first-order valence-electron chi connectivity index (χ1n) is 5.22.